The van der Waals surface area contributed by atoms with Gasteiger partial charge in [-0.05, 0) is 30.5 Å². The number of rotatable bonds is 5. The summed E-state index contributed by atoms with van der Waals surface area (Å²) in [6.07, 6.45) is 2.89. The predicted octanol–water partition coefficient (Wildman–Crippen LogP) is 2.25. The van der Waals surface area contributed by atoms with Gasteiger partial charge in [-0.25, -0.2) is 13.4 Å². The number of benzene rings is 1. The molecule has 1 saturated heterocycles. The first-order valence-electron chi connectivity index (χ1n) is 7.83. The van der Waals surface area contributed by atoms with Crippen LogP contribution in [0.3, 0.4) is 0 Å². The lowest BCUT2D eigenvalue weighted by molar-refractivity contribution is 0.0946. The van der Waals surface area contributed by atoms with Gasteiger partial charge in [-0.1, -0.05) is 18.6 Å². The minimum Gasteiger partial charge on any atom is -0.347 e. The van der Waals surface area contributed by atoms with Crippen molar-refractivity contribution >= 4 is 27.3 Å². The van der Waals surface area contributed by atoms with Crippen LogP contribution in [0.4, 0.5) is 0 Å². The number of hydrogen-bond acceptors (Lipinski definition) is 5. The van der Waals surface area contributed by atoms with Crippen molar-refractivity contribution in [3.8, 4) is 0 Å². The van der Waals surface area contributed by atoms with E-state index < -0.39 is 10.0 Å². The van der Waals surface area contributed by atoms with Gasteiger partial charge in [-0.3, -0.25) is 4.79 Å². The summed E-state index contributed by atoms with van der Waals surface area (Å²) in [5.41, 5.74) is 2.72. The number of amides is 1. The lowest BCUT2D eigenvalue weighted by Gasteiger charge is -2.26. The molecule has 0 radical (unpaired) electrons. The molecule has 0 saturated carbocycles. The van der Waals surface area contributed by atoms with Gasteiger partial charge in [0.05, 0.1) is 10.4 Å². The normalized spacial score (nSPS) is 16.0. The van der Waals surface area contributed by atoms with Crippen molar-refractivity contribution in [1.82, 2.24) is 14.6 Å². The molecule has 128 valence electrons. The smallest absolute Gasteiger partial charge is 0.271 e. The summed E-state index contributed by atoms with van der Waals surface area (Å²) < 4.78 is 26.9. The molecule has 0 aliphatic carbocycles. The maximum absolute atomic E-state index is 12.7. The van der Waals surface area contributed by atoms with Crippen LogP contribution in [0.5, 0.6) is 0 Å². The lowest BCUT2D eigenvalue weighted by Crippen LogP contribution is -2.35. The highest BCUT2D eigenvalue weighted by Gasteiger charge is 2.25. The van der Waals surface area contributed by atoms with Crippen LogP contribution in [-0.4, -0.2) is 36.7 Å². The van der Waals surface area contributed by atoms with Gasteiger partial charge in [0, 0.05) is 25.0 Å². The van der Waals surface area contributed by atoms with Crippen molar-refractivity contribution in [3.05, 3.63) is 46.4 Å². The number of aromatic nitrogens is 1. The van der Waals surface area contributed by atoms with E-state index in [1.165, 1.54) is 11.3 Å². The minimum atomic E-state index is -3.46. The standard InChI is InChI=1S/C16H19N3O3S2/c20-16(15-11-23-12-18-15)17-10-13-5-4-6-14(9-13)24(21,22)19-7-2-1-3-8-19/h4-6,9,11-12H,1-3,7-8,10H2,(H,17,20). The monoisotopic (exact) mass is 365 g/mol. The molecule has 1 aromatic carbocycles. The minimum absolute atomic E-state index is 0.263. The molecule has 0 unspecified atom stereocenters. The first-order chi connectivity index (χ1) is 11.6. The number of carbonyl (C=O) groups is 1. The van der Waals surface area contributed by atoms with Crippen molar-refractivity contribution in [2.75, 3.05) is 13.1 Å². The van der Waals surface area contributed by atoms with Crippen molar-refractivity contribution in [2.45, 2.75) is 30.7 Å². The summed E-state index contributed by atoms with van der Waals surface area (Å²) in [5, 5.41) is 4.43. The summed E-state index contributed by atoms with van der Waals surface area (Å²) in [7, 11) is -3.46. The Hall–Kier alpha value is -1.77. The molecule has 2 aromatic rings. The molecule has 1 aliphatic rings. The zero-order chi connectivity index (χ0) is 17.0. The third-order valence-electron chi connectivity index (χ3n) is 3.97. The summed E-state index contributed by atoms with van der Waals surface area (Å²) in [5.74, 6) is -0.263. The first kappa shape index (κ1) is 17.1. The second kappa shape index (κ2) is 7.42. The third-order valence-corrected chi connectivity index (χ3v) is 6.45. The van der Waals surface area contributed by atoms with Crippen LogP contribution >= 0.6 is 11.3 Å². The topological polar surface area (TPSA) is 79.4 Å². The number of piperidine rings is 1. The number of nitrogens with zero attached hydrogens (tertiary/aromatic N) is 2. The SMILES string of the molecule is O=C(NCc1cccc(S(=O)(=O)N2CCCCC2)c1)c1cscn1. The predicted molar refractivity (Wildman–Crippen MR) is 92.3 cm³/mol. The fraction of sp³-hybridized carbons (Fsp3) is 0.375. The molecule has 2 heterocycles. The average Bonchev–Trinajstić information content (AvgIpc) is 3.15. The average molecular weight is 365 g/mol. The van der Waals surface area contributed by atoms with E-state index in [-0.39, 0.29) is 17.3 Å². The van der Waals surface area contributed by atoms with Gasteiger partial charge in [0.15, 0.2) is 0 Å². The number of sulfonamides is 1. The summed E-state index contributed by atoms with van der Waals surface area (Å²) in [6, 6.07) is 6.75. The third kappa shape index (κ3) is 3.82. The van der Waals surface area contributed by atoms with Gasteiger partial charge in [-0.15, -0.1) is 11.3 Å². The van der Waals surface area contributed by atoms with Crippen molar-refractivity contribution < 1.29 is 13.2 Å². The quantitative estimate of drug-likeness (QED) is 0.881. The second-order valence-electron chi connectivity index (χ2n) is 5.67. The Morgan fingerprint density at radius 1 is 1.25 bits per heavy atom. The van der Waals surface area contributed by atoms with Crippen LogP contribution in [0.25, 0.3) is 0 Å². The van der Waals surface area contributed by atoms with E-state index in [2.05, 4.69) is 10.3 Å². The van der Waals surface area contributed by atoms with Gasteiger partial charge in [0.2, 0.25) is 10.0 Å². The molecule has 1 aromatic heterocycles. The second-order valence-corrected chi connectivity index (χ2v) is 8.33. The van der Waals surface area contributed by atoms with Crippen LogP contribution < -0.4 is 5.32 Å². The molecule has 1 aliphatic heterocycles. The van der Waals surface area contributed by atoms with Gasteiger partial charge >= 0.3 is 0 Å². The van der Waals surface area contributed by atoms with Gasteiger partial charge in [-0.2, -0.15) is 4.31 Å². The Labute approximate surface area is 145 Å². The Bertz CT molecular complexity index is 798. The lowest BCUT2D eigenvalue weighted by atomic mass is 10.2. The van der Waals surface area contributed by atoms with Crippen LogP contribution in [0, 0.1) is 0 Å². The van der Waals surface area contributed by atoms with Crippen LogP contribution in [0.1, 0.15) is 35.3 Å². The van der Waals surface area contributed by atoms with E-state index in [4.69, 9.17) is 0 Å². The fourth-order valence-electron chi connectivity index (χ4n) is 2.67. The molecule has 1 amide bonds. The Morgan fingerprint density at radius 3 is 2.75 bits per heavy atom. The molecule has 1 N–H and O–H groups in total. The molecule has 1 fully saturated rings. The van der Waals surface area contributed by atoms with Gasteiger partial charge in [0.1, 0.15) is 5.69 Å². The number of carbonyl (C=O) groups excluding carboxylic acids is 1. The van der Waals surface area contributed by atoms with Gasteiger partial charge in [0.25, 0.3) is 5.91 Å². The van der Waals surface area contributed by atoms with E-state index in [9.17, 15) is 13.2 Å². The summed E-state index contributed by atoms with van der Waals surface area (Å²) in [4.78, 5) is 16.1. The van der Waals surface area contributed by atoms with Gasteiger partial charge < -0.3 is 5.32 Å². The molecule has 0 spiro atoms. The van der Waals surface area contributed by atoms with E-state index in [1.54, 1.807) is 39.5 Å². The van der Waals surface area contributed by atoms with Crippen molar-refractivity contribution in [2.24, 2.45) is 0 Å². The highest BCUT2D eigenvalue weighted by Crippen LogP contribution is 2.21. The van der Waals surface area contributed by atoms with Crippen molar-refractivity contribution in [1.29, 1.82) is 0 Å². The molecule has 0 bridgehead atoms. The Morgan fingerprint density at radius 2 is 2.04 bits per heavy atom. The Kier molecular flexibility index (Phi) is 5.27. The van der Waals surface area contributed by atoms with E-state index in [0.29, 0.717) is 18.8 Å². The molecular formula is C16H19N3O3S2. The summed E-state index contributed by atoms with van der Waals surface area (Å²) in [6.45, 7) is 1.42. The number of hydrogen-bond donors (Lipinski definition) is 1. The van der Waals surface area contributed by atoms with E-state index >= 15 is 0 Å². The maximum Gasteiger partial charge on any atom is 0.271 e. The number of thiazole rings is 1. The number of nitrogens with one attached hydrogen (secondary N) is 1. The first-order valence-corrected chi connectivity index (χ1v) is 10.2. The highest BCUT2D eigenvalue weighted by molar-refractivity contribution is 7.89. The van der Waals surface area contributed by atoms with E-state index in [0.717, 1.165) is 24.8 Å². The van der Waals surface area contributed by atoms with Crippen LogP contribution in [0.2, 0.25) is 0 Å². The zero-order valence-electron chi connectivity index (χ0n) is 13.1. The Balaban J connectivity index is 1.70. The van der Waals surface area contributed by atoms with Crippen LogP contribution in [-0.2, 0) is 16.6 Å². The molecule has 8 heteroatoms. The molecule has 24 heavy (non-hydrogen) atoms. The van der Waals surface area contributed by atoms with Crippen LogP contribution in [0.15, 0.2) is 40.1 Å². The maximum atomic E-state index is 12.7. The van der Waals surface area contributed by atoms with Crippen molar-refractivity contribution in [3.63, 3.8) is 0 Å². The zero-order valence-corrected chi connectivity index (χ0v) is 14.8. The van der Waals surface area contributed by atoms with E-state index in [1.807, 2.05) is 0 Å². The highest BCUT2D eigenvalue weighted by atomic mass is 32.2. The largest absolute Gasteiger partial charge is 0.347 e. The molecule has 6 nitrogen and oxygen atoms in total. The molecular weight excluding hydrogens is 346 g/mol. The molecule has 3 rings (SSSR count). The molecule has 0 atom stereocenters. The fourth-order valence-corrected chi connectivity index (χ4v) is 4.79. The summed E-state index contributed by atoms with van der Waals surface area (Å²) >= 11 is 1.35.